The number of nitrogens with two attached hydrogens (primary N) is 2. The van der Waals surface area contributed by atoms with Gasteiger partial charge in [-0.2, -0.15) is 0 Å². The zero-order valence-corrected chi connectivity index (χ0v) is 18.7. The zero-order valence-electron chi connectivity index (χ0n) is 18.7. The van der Waals surface area contributed by atoms with E-state index in [2.05, 4.69) is 5.32 Å². The monoisotopic (exact) mass is 516 g/mol. The van der Waals surface area contributed by atoms with Crippen LogP contribution in [0.3, 0.4) is 0 Å². The molecule has 0 aromatic rings. The highest BCUT2D eigenvalue weighted by atomic mass is 16.8. The highest BCUT2D eigenvalue weighted by molar-refractivity contribution is 5.74. The number of carboxylic acids is 1. The molecule has 2 saturated heterocycles. The van der Waals surface area contributed by atoms with Crippen LogP contribution < -0.4 is 16.8 Å². The number of ether oxygens (including phenoxy) is 3. The van der Waals surface area contributed by atoms with Gasteiger partial charge in [0.15, 0.2) is 18.5 Å². The lowest BCUT2D eigenvalue weighted by molar-refractivity contribution is -0.376. The van der Waals surface area contributed by atoms with Crippen LogP contribution in [0.4, 0.5) is 0 Å². The van der Waals surface area contributed by atoms with Crippen LogP contribution in [0.25, 0.3) is 0 Å². The second-order valence-corrected chi connectivity index (χ2v) is 7.96. The van der Waals surface area contributed by atoms with Crippen molar-refractivity contribution in [3.63, 3.8) is 0 Å². The van der Waals surface area contributed by atoms with Gasteiger partial charge < -0.3 is 77.0 Å². The van der Waals surface area contributed by atoms with Crippen LogP contribution in [-0.4, -0.2) is 145 Å². The Morgan fingerprint density at radius 1 is 0.886 bits per heavy atom. The number of rotatable bonds is 9. The van der Waals surface area contributed by atoms with Gasteiger partial charge in [0.2, 0.25) is 0 Å². The molecule has 0 amide bonds. The number of aliphatic hydroxyl groups excluding tert-OH is 8. The van der Waals surface area contributed by atoms with Crippen molar-refractivity contribution in [3.8, 4) is 0 Å². The van der Waals surface area contributed by atoms with E-state index in [9.17, 15) is 35.4 Å². The summed E-state index contributed by atoms with van der Waals surface area (Å²) >= 11 is 0. The molecule has 0 radical (unpaired) electrons. The topological polar surface area (TPSA) is 315 Å². The Bertz CT molecular complexity index is 624. The summed E-state index contributed by atoms with van der Waals surface area (Å²) in [5.41, 5.74) is 10.2. The molecule has 17 heteroatoms. The van der Waals surface area contributed by atoms with Gasteiger partial charge >= 0.3 is 5.97 Å². The Labute approximate surface area is 200 Å². The lowest BCUT2D eigenvalue weighted by atomic mass is 9.98. The molecule has 0 aromatic heterocycles. The molecule has 2 aliphatic rings. The molecule has 0 spiro atoms. The minimum Gasteiger partial charge on any atom is -0.480 e. The van der Waals surface area contributed by atoms with Crippen LogP contribution in [0.2, 0.25) is 0 Å². The van der Waals surface area contributed by atoms with Gasteiger partial charge in [-0.1, -0.05) is 0 Å². The number of nitrogens with one attached hydrogen (secondary N) is 2. The Balaban J connectivity index is 0.000000434. The van der Waals surface area contributed by atoms with Crippen LogP contribution in [-0.2, 0) is 19.0 Å². The first-order chi connectivity index (χ1) is 16.3. The molecule has 2 heterocycles. The highest BCUT2D eigenvalue weighted by Gasteiger charge is 2.49. The molecule has 2 fully saturated rings. The van der Waals surface area contributed by atoms with Crippen molar-refractivity contribution < 1.29 is 65.0 Å². The van der Waals surface area contributed by atoms with Gasteiger partial charge in [0, 0.05) is 6.54 Å². The Hall–Kier alpha value is -1.74. The van der Waals surface area contributed by atoms with E-state index in [1.54, 1.807) is 0 Å². The van der Waals surface area contributed by atoms with Gasteiger partial charge in [0.1, 0.15) is 54.9 Å². The first-order valence-electron chi connectivity index (χ1n) is 10.7. The van der Waals surface area contributed by atoms with Crippen molar-refractivity contribution in [1.82, 2.24) is 5.32 Å². The molecular weight excluding hydrogens is 480 g/mol. The first kappa shape index (κ1) is 31.3. The standard InChI is InChI=1S/C12H22O11.C6H14N4O2/c13-1-3-5(15)7(17)9(19)11(21-3)23-12-10(20)8(18)6(16)4(2-14)22-12;7-4(5(11)12)2-1-3-10-6(8)9/h3-20H,1-2H2;4H,1-3,7H2,(H,11,12)(H4,8,9,10)/t3-,4-,5-,6-,7+,8+,9-,10-,11-,12-;4-/m10/s1. The number of hydrogen-bond donors (Lipinski definition) is 13. The molecule has 206 valence electrons. The van der Waals surface area contributed by atoms with Crippen molar-refractivity contribution in [2.24, 2.45) is 11.5 Å². The maximum absolute atomic E-state index is 10.2. The van der Waals surface area contributed by atoms with Crippen molar-refractivity contribution >= 4 is 11.9 Å². The van der Waals surface area contributed by atoms with E-state index in [1.807, 2.05) is 0 Å². The molecule has 0 aliphatic carbocycles. The Morgan fingerprint density at radius 3 is 1.66 bits per heavy atom. The second kappa shape index (κ2) is 14.7. The normalized spacial score (nSPS) is 38.1. The average Bonchev–Trinajstić information content (AvgIpc) is 2.82. The Morgan fingerprint density at radius 2 is 1.31 bits per heavy atom. The summed E-state index contributed by atoms with van der Waals surface area (Å²) in [6.45, 7) is -0.852. The number of guanidine groups is 1. The summed E-state index contributed by atoms with van der Waals surface area (Å²) in [5, 5.41) is 94.2. The lowest BCUT2D eigenvalue weighted by Gasteiger charge is -2.44. The Kier molecular flexibility index (Phi) is 13.2. The van der Waals surface area contributed by atoms with Gasteiger partial charge in [-0.3, -0.25) is 10.2 Å². The molecule has 11 atom stereocenters. The van der Waals surface area contributed by atoms with Crippen molar-refractivity contribution in [2.75, 3.05) is 19.8 Å². The van der Waals surface area contributed by atoms with Gasteiger partial charge in [0.05, 0.1) is 13.2 Å². The van der Waals surface area contributed by atoms with E-state index in [0.717, 1.165) is 0 Å². The molecule has 0 saturated carbocycles. The predicted molar refractivity (Wildman–Crippen MR) is 113 cm³/mol. The predicted octanol–water partition coefficient (Wildman–Crippen LogP) is -6.74. The van der Waals surface area contributed by atoms with E-state index >= 15 is 0 Å². The van der Waals surface area contributed by atoms with Crippen LogP contribution >= 0.6 is 0 Å². The molecule has 0 unspecified atom stereocenters. The van der Waals surface area contributed by atoms with E-state index in [4.69, 9.17) is 46.4 Å². The van der Waals surface area contributed by atoms with Gasteiger partial charge in [-0.05, 0) is 12.8 Å². The second-order valence-electron chi connectivity index (χ2n) is 7.96. The summed E-state index contributed by atoms with van der Waals surface area (Å²) in [6.07, 6.45) is -14.6. The molecule has 2 rings (SSSR count). The van der Waals surface area contributed by atoms with Gasteiger partial charge in [-0.25, -0.2) is 0 Å². The average molecular weight is 517 g/mol. The third-order valence-electron chi connectivity index (χ3n) is 5.29. The van der Waals surface area contributed by atoms with Crippen molar-refractivity contribution in [1.29, 1.82) is 5.41 Å². The van der Waals surface area contributed by atoms with Crippen LogP contribution in [0.1, 0.15) is 12.8 Å². The van der Waals surface area contributed by atoms with E-state index in [-0.39, 0.29) is 5.96 Å². The number of aliphatic carboxylic acids is 1. The maximum Gasteiger partial charge on any atom is 0.320 e. The minimum absolute atomic E-state index is 0.112. The first-order valence-corrected chi connectivity index (χ1v) is 10.7. The van der Waals surface area contributed by atoms with Crippen molar-refractivity contribution in [2.45, 2.75) is 80.3 Å². The number of hydrogen-bond acceptors (Lipinski definition) is 14. The van der Waals surface area contributed by atoms with Crippen molar-refractivity contribution in [3.05, 3.63) is 0 Å². The SMILES string of the molecule is N=C(N)NCCC[C@H](N)C(=O)O.OC[C@H]1O[C@H](O[C@H]2O[C@H](CO)[C@@H](O)[C@H](O)[C@H]2O)[C@H](O)[C@@H](O)[C@@H]1O. The highest BCUT2D eigenvalue weighted by Crippen LogP contribution is 2.27. The van der Waals surface area contributed by atoms with Crippen LogP contribution in [0.15, 0.2) is 0 Å². The summed E-state index contributed by atoms with van der Waals surface area (Å²) in [4.78, 5) is 10.2. The quantitative estimate of drug-likeness (QED) is 0.0769. The van der Waals surface area contributed by atoms with Gasteiger partial charge in [0.25, 0.3) is 0 Å². The summed E-state index contributed by atoms with van der Waals surface area (Å²) in [6, 6.07) is -0.821. The fraction of sp³-hybridized carbons (Fsp3) is 0.889. The minimum atomic E-state index is -1.72. The van der Waals surface area contributed by atoms with E-state index in [1.165, 1.54) is 0 Å². The van der Waals surface area contributed by atoms with Gasteiger partial charge in [-0.15, -0.1) is 0 Å². The summed E-state index contributed by atoms with van der Waals surface area (Å²) in [7, 11) is 0. The summed E-state index contributed by atoms with van der Waals surface area (Å²) in [5.74, 6) is -1.11. The summed E-state index contributed by atoms with van der Waals surface area (Å²) < 4.78 is 15.3. The third-order valence-corrected chi connectivity index (χ3v) is 5.29. The molecule has 0 bridgehead atoms. The number of carbonyl (C=O) groups is 1. The zero-order chi connectivity index (χ0) is 26.9. The maximum atomic E-state index is 10.2. The smallest absolute Gasteiger partial charge is 0.320 e. The van der Waals surface area contributed by atoms with E-state index < -0.39 is 86.6 Å². The fourth-order valence-electron chi connectivity index (χ4n) is 3.16. The molecule has 17 nitrogen and oxygen atoms in total. The fourth-order valence-corrected chi connectivity index (χ4v) is 3.16. The third kappa shape index (κ3) is 9.01. The van der Waals surface area contributed by atoms with E-state index in [0.29, 0.717) is 19.4 Å². The molecule has 2 aliphatic heterocycles. The molecule has 35 heavy (non-hydrogen) atoms. The largest absolute Gasteiger partial charge is 0.480 e. The van der Waals surface area contributed by atoms with Crippen LogP contribution in [0, 0.1) is 5.41 Å². The number of carboxylic acid groups (broad SMARTS) is 1. The molecule has 0 aromatic carbocycles. The molecular formula is C18H36N4O13. The molecule has 15 N–H and O–H groups in total. The van der Waals surface area contributed by atoms with Crippen LogP contribution in [0.5, 0.6) is 0 Å². The lowest BCUT2D eigenvalue weighted by Crippen LogP contribution is -2.63. The number of aliphatic hydroxyl groups is 8.